The first-order valence-electron chi connectivity index (χ1n) is 10.3. The molecule has 0 aliphatic carbocycles. The number of amides is 2. The molecule has 8 heteroatoms. The molecule has 162 valence electrons. The highest BCUT2D eigenvalue weighted by atomic mass is 32.1. The summed E-state index contributed by atoms with van der Waals surface area (Å²) in [6, 6.07) is 17.6. The molecule has 0 saturated heterocycles. The molecule has 4 rings (SSSR count). The van der Waals surface area contributed by atoms with Crippen LogP contribution < -0.4 is 10.6 Å². The van der Waals surface area contributed by atoms with Crippen LogP contribution in [0.4, 0.5) is 0 Å². The van der Waals surface area contributed by atoms with Crippen molar-refractivity contribution in [3.05, 3.63) is 95.3 Å². The van der Waals surface area contributed by atoms with Crippen LogP contribution in [0, 0.1) is 0 Å². The summed E-state index contributed by atoms with van der Waals surface area (Å²) in [4.78, 5) is 29.9. The molecule has 4 aromatic rings. The molecule has 0 bridgehead atoms. The van der Waals surface area contributed by atoms with Crippen LogP contribution in [0.5, 0.6) is 0 Å². The van der Waals surface area contributed by atoms with Crippen molar-refractivity contribution in [3.63, 3.8) is 0 Å². The van der Waals surface area contributed by atoms with Gasteiger partial charge in [-0.1, -0.05) is 36.4 Å². The third-order valence-electron chi connectivity index (χ3n) is 4.82. The number of nitrogens with one attached hydrogen (secondary N) is 2. The zero-order valence-electron chi connectivity index (χ0n) is 17.4. The van der Waals surface area contributed by atoms with E-state index in [9.17, 15) is 9.59 Å². The van der Waals surface area contributed by atoms with Crippen LogP contribution in [0.1, 0.15) is 27.9 Å². The van der Waals surface area contributed by atoms with Crippen molar-refractivity contribution in [3.8, 4) is 10.6 Å². The first-order chi connectivity index (χ1) is 15.7. The zero-order chi connectivity index (χ0) is 22.2. The molecule has 32 heavy (non-hydrogen) atoms. The molecule has 0 spiro atoms. The van der Waals surface area contributed by atoms with Crippen LogP contribution in [0.25, 0.3) is 10.6 Å². The highest BCUT2D eigenvalue weighted by molar-refractivity contribution is 7.13. The summed E-state index contributed by atoms with van der Waals surface area (Å²) < 4.78 is 1.78. The molecule has 3 aromatic heterocycles. The Hall–Kier alpha value is -3.78. The van der Waals surface area contributed by atoms with Gasteiger partial charge in [-0.05, 0) is 34.7 Å². The third-order valence-corrected chi connectivity index (χ3v) is 5.70. The summed E-state index contributed by atoms with van der Waals surface area (Å²) in [6.07, 6.45) is 5.33. The number of benzene rings is 1. The van der Waals surface area contributed by atoms with Crippen LogP contribution in [0.3, 0.4) is 0 Å². The number of hydrogen-bond donors (Lipinski definition) is 2. The molecule has 0 aliphatic heterocycles. The van der Waals surface area contributed by atoms with Gasteiger partial charge in [-0.2, -0.15) is 5.10 Å². The summed E-state index contributed by atoms with van der Waals surface area (Å²) in [7, 11) is 0. The van der Waals surface area contributed by atoms with Crippen molar-refractivity contribution in [1.29, 1.82) is 0 Å². The van der Waals surface area contributed by atoms with Crippen LogP contribution in [-0.2, 0) is 17.9 Å². The van der Waals surface area contributed by atoms with Crippen LogP contribution >= 0.6 is 11.3 Å². The maximum Gasteiger partial charge on any atom is 0.255 e. The molecular weight excluding hydrogens is 422 g/mol. The quantitative estimate of drug-likeness (QED) is 0.413. The van der Waals surface area contributed by atoms with Gasteiger partial charge < -0.3 is 10.6 Å². The highest BCUT2D eigenvalue weighted by Gasteiger charge is 2.19. The number of hydrogen-bond acceptors (Lipinski definition) is 5. The average Bonchev–Trinajstić information content (AvgIpc) is 3.49. The van der Waals surface area contributed by atoms with E-state index in [1.807, 2.05) is 60.0 Å². The fraction of sp³-hybridized carbons (Fsp3) is 0.167. The van der Waals surface area contributed by atoms with Crippen molar-refractivity contribution in [2.45, 2.75) is 19.5 Å². The van der Waals surface area contributed by atoms with Crippen LogP contribution in [0.2, 0.25) is 0 Å². The average molecular weight is 446 g/mol. The number of rotatable bonds is 9. The Morgan fingerprint density at radius 2 is 1.75 bits per heavy atom. The number of pyridine rings is 1. The molecular formula is C24H23N5O2S. The largest absolute Gasteiger partial charge is 0.352 e. The smallest absolute Gasteiger partial charge is 0.255 e. The van der Waals surface area contributed by atoms with Gasteiger partial charge in [0.15, 0.2) is 0 Å². The summed E-state index contributed by atoms with van der Waals surface area (Å²) in [5, 5.41) is 12.3. The summed E-state index contributed by atoms with van der Waals surface area (Å²) in [6.45, 7) is 1.25. The Labute approximate surface area is 190 Å². The lowest BCUT2D eigenvalue weighted by molar-refractivity contribution is -0.121. The van der Waals surface area contributed by atoms with Crippen LogP contribution in [-0.4, -0.2) is 33.1 Å². The van der Waals surface area contributed by atoms with Gasteiger partial charge in [-0.3, -0.25) is 19.3 Å². The second kappa shape index (κ2) is 10.5. The first kappa shape index (κ1) is 21.5. The van der Waals surface area contributed by atoms with Gasteiger partial charge in [0.25, 0.3) is 5.91 Å². The summed E-state index contributed by atoms with van der Waals surface area (Å²) in [5.74, 6) is -0.366. The standard InChI is InChI=1S/C24H23N5O2S/c30-22(27-15-18-8-11-25-12-9-18)10-13-26-24(31)20-17-29(16-19-5-2-1-3-6-19)28-23(20)21-7-4-14-32-21/h1-9,11-12,14,17H,10,13,15-16H2,(H,26,31)(H,27,30). The van der Waals surface area contributed by atoms with Gasteiger partial charge in [-0.15, -0.1) is 11.3 Å². The van der Waals surface area contributed by atoms with E-state index < -0.39 is 0 Å². The van der Waals surface area contributed by atoms with Crippen molar-refractivity contribution in [2.75, 3.05) is 6.54 Å². The van der Waals surface area contributed by atoms with E-state index in [4.69, 9.17) is 0 Å². The number of thiophene rings is 1. The fourth-order valence-corrected chi connectivity index (χ4v) is 3.93. The Balaban J connectivity index is 1.37. The predicted octanol–water partition coefficient (Wildman–Crippen LogP) is 3.49. The van der Waals surface area contributed by atoms with Gasteiger partial charge in [0, 0.05) is 38.1 Å². The molecule has 1 aromatic carbocycles. The Bertz CT molecular complexity index is 1160. The Morgan fingerprint density at radius 3 is 2.50 bits per heavy atom. The van der Waals surface area contributed by atoms with Crippen molar-refractivity contribution in [2.24, 2.45) is 0 Å². The summed E-state index contributed by atoms with van der Waals surface area (Å²) in [5.41, 5.74) is 3.23. The molecule has 0 atom stereocenters. The highest BCUT2D eigenvalue weighted by Crippen LogP contribution is 2.27. The number of aromatic nitrogens is 3. The fourth-order valence-electron chi connectivity index (χ4n) is 3.21. The van der Waals surface area contributed by atoms with Gasteiger partial charge in [-0.25, -0.2) is 0 Å². The third kappa shape index (κ3) is 5.67. The minimum absolute atomic E-state index is 0.125. The lowest BCUT2D eigenvalue weighted by Gasteiger charge is -2.07. The monoisotopic (exact) mass is 445 g/mol. The summed E-state index contributed by atoms with van der Waals surface area (Å²) >= 11 is 1.54. The second-order valence-electron chi connectivity index (χ2n) is 7.19. The van der Waals surface area contributed by atoms with Gasteiger partial charge in [0.1, 0.15) is 5.69 Å². The van der Waals surface area contributed by atoms with Gasteiger partial charge in [0.2, 0.25) is 5.91 Å². The molecule has 3 heterocycles. The maximum absolute atomic E-state index is 12.9. The first-order valence-corrected chi connectivity index (χ1v) is 11.2. The normalized spacial score (nSPS) is 10.6. The van der Waals surface area contributed by atoms with Crippen molar-refractivity contribution in [1.82, 2.24) is 25.4 Å². The van der Waals surface area contributed by atoms with E-state index in [0.29, 0.717) is 24.3 Å². The lowest BCUT2D eigenvalue weighted by Crippen LogP contribution is -2.30. The molecule has 0 fully saturated rings. The topological polar surface area (TPSA) is 88.9 Å². The molecule has 0 saturated carbocycles. The lowest BCUT2D eigenvalue weighted by atomic mass is 10.2. The molecule has 2 N–H and O–H groups in total. The predicted molar refractivity (Wildman–Crippen MR) is 124 cm³/mol. The Morgan fingerprint density at radius 1 is 0.938 bits per heavy atom. The zero-order valence-corrected chi connectivity index (χ0v) is 18.2. The second-order valence-corrected chi connectivity index (χ2v) is 8.14. The van der Waals surface area contributed by atoms with Crippen molar-refractivity contribution >= 4 is 23.2 Å². The molecule has 0 radical (unpaired) electrons. The van der Waals surface area contributed by atoms with Gasteiger partial charge in [0.05, 0.1) is 17.0 Å². The van der Waals surface area contributed by atoms with Crippen LogP contribution in [0.15, 0.2) is 78.6 Å². The minimum atomic E-state index is -0.241. The molecule has 2 amide bonds. The number of carbonyl (C=O) groups excluding carboxylic acids is 2. The van der Waals surface area contributed by atoms with Gasteiger partial charge >= 0.3 is 0 Å². The number of nitrogens with zero attached hydrogens (tertiary/aromatic N) is 3. The maximum atomic E-state index is 12.9. The van der Waals surface area contributed by atoms with E-state index in [1.165, 1.54) is 11.3 Å². The molecule has 0 aliphatic rings. The van der Waals surface area contributed by atoms with E-state index in [-0.39, 0.29) is 24.8 Å². The van der Waals surface area contributed by atoms with E-state index in [0.717, 1.165) is 16.0 Å². The SMILES string of the molecule is O=C(CCNC(=O)c1cn(Cc2ccccc2)nc1-c1cccs1)NCc1ccncc1. The van der Waals surface area contributed by atoms with E-state index in [2.05, 4.69) is 20.7 Å². The van der Waals surface area contributed by atoms with E-state index >= 15 is 0 Å². The minimum Gasteiger partial charge on any atom is -0.352 e. The number of carbonyl (C=O) groups is 2. The van der Waals surface area contributed by atoms with E-state index in [1.54, 1.807) is 23.3 Å². The Kier molecular flexibility index (Phi) is 7.04. The molecule has 7 nitrogen and oxygen atoms in total. The molecule has 0 unspecified atom stereocenters. The van der Waals surface area contributed by atoms with Crippen molar-refractivity contribution < 1.29 is 9.59 Å².